The lowest BCUT2D eigenvalue weighted by molar-refractivity contribution is -0.138. The highest BCUT2D eigenvalue weighted by Gasteiger charge is 2.19. The average Bonchev–Trinajstić information content (AvgIpc) is 2.70. The molecule has 0 aliphatic rings. The van der Waals surface area contributed by atoms with Gasteiger partial charge >= 0.3 is 23.9 Å². The molecule has 0 radical (unpaired) electrons. The monoisotopic (exact) mass is 444 g/mol. The largest absolute Gasteiger partial charge is 0.480 e. The van der Waals surface area contributed by atoms with Crippen LogP contribution in [0.15, 0.2) is 48.5 Å². The summed E-state index contributed by atoms with van der Waals surface area (Å²) in [5, 5.41) is 36.6. The van der Waals surface area contributed by atoms with Gasteiger partial charge in [0.1, 0.15) is 26.2 Å². The Kier molecular flexibility index (Phi) is 8.58. The lowest BCUT2D eigenvalue weighted by Crippen LogP contribution is -2.35. The molecule has 0 amide bonds. The zero-order chi connectivity index (χ0) is 23.7. The lowest BCUT2D eigenvalue weighted by atomic mass is 10.0. The zero-order valence-corrected chi connectivity index (χ0v) is 17.2. The van der Waals surface area contributed by atoms with E-state index in [0.717, 1.165) is 0 Å². The SMILES string of the molecule is O=C(O)CN(CC(=O)O)c1ccccc1CCc1ccccc1N(CC(=O)O)CC(=O)O. The number of hydrogen-bond donors (Lipinski definition) is 4. The number of aryl methyl sites for hydroxylation is 2. The summed E-state index contributed by atoms with van der Waals surface area (Å²) in [6.07, 6.45) is 0.799. The molecule has 2 rings (SSSR count). The fourth-order valence-electron chi connectivity index (χ4n) is 3.44. The van der Waals surface area contributed by atoms with Crippen molar-refractivity contribution in [1.82, 2.24) is 0 Å². The van der Waals surface area contributed by atoms with Crippen LogP contribution in [-0.4, -0.2) is 70.5 Å². The Labute approximate surface area is 183 Å². The Morgan fingerprint density at radius 2 is 0.812 bits per heavy atom. The zero-order valence-electron chi connectivity index (χ0n) is 17.2. The normalized spacial score (nSPS) is 10.4. The first-order chi connectivity index (χ1) is 15.2. The minimum atomic E-state index is -1.16. The maximum atomic E-state index is 11.2. The first-order valence-electron chi connectivity index (χ1n) is 9.70. The number of anilines is 2. The fourth-order valence-corrected chi connectivity index (χ4v) is 3.44. The lowest BCUT2D eigenvalue weighted by Gasteiger charge is -2.25. The minimum absolute atomic E-state index is 0.400. The fraction of sp³-hybridized carbons (Fsp3) is 0.273. The number of hydrogen-bond acceptors (Lipinski definition) is 6. The summed E-state index contributed by atoms with van der Waals surface area (Å²) < 4.78 is 0. The molecule has 32 heavy (non-hydrogen) atoms. The molecule has 0 atom stereocenters. The predicted molar refractivity (Wildman–Crippen MR) is 115 cm³/mol. The van der Waals surface area contributed by atoms with E-state index in [2.05, 4.69) is 0 Å². The first kappa shape index (κ1) is 24.2. The van der Waals surface area contributed by atoms with Crippen molar-refractivity contribution in [1.29, 1.82) is 0 Å². The molecule has 0 heterocycles. The Bertz CT molecular complexity index is 880. The van der Waals surface area contributed by atoms with Crippen LogP contribution in [0.4, 0.5) is 11.4 Å². The standard InChI is InChI=1S/C22H24N2O8/c25-19(26)11-23(12-20(27)28)17-7-3-1-5-15(17)9-10-16-6-2-4-8-18(16)24(13-21(29)30)14-22(31)32/h1-8H,9-14H2,(H,25,26)(H,27,28)(H,29,30)(H,31,32). The molecule has 0 fully saturated rings. The molecule has 2 aromatic rings. The Balaban J connectivity index is 2.32. The molecule has 10 nitrogen and oxygen atoms in total. The third-order valence-electron chi connectivity index (χ3n) is 4.63. The van der Waals surface area contributed by atoms with Crippen LogP contribution >= 0.6 is 0 Å². The summed E-state index contributed by atoms with van der Waals surface area (Å²) in [6, 6.07) is 13.7. The smallest absolute Gasteiger partial charge is 0.323 e. The van der Waals surface area contributed by atoms with E-state index in [-0.39, 0.29) is 0 Å². The maximum Gasteiger partial charge on any atom is 0.323 e. The number of nitrogens with zero attached hydrogens (tertiary/aromatic N) is 2. The predicted octanol–water partition coefficient (Wildman–Crippen LogP) is 1.42. The van der Waals surface area contributed by atoms with E-state index in [9.17, 15) is 19.2 Å². The average molecular weight is 444 g/mol. The number of carbonyl (C=O) groups is 4. The summed E-state index contributed by atoms with van der Waals surface area (Å²) in [5.74, 6) is -4.65. The minimum Gasteiger partial charge on any atom is -0.480 e. The van der Waals surface area contributed by atoms with Crippen LogP contribution in [0.25, 0.3) is 0 Å². The van der Waals surface area contributed by atoms with Crippen LogP contribution in [0.3, 0.4) is 0 Å². The molecule has 4 N–H and O–H groups in total. The molecule has 0 saturated heterocycles. The van der Waals surface area contributed by atoms with E-state index in [0.29, 0.717) is 35.3 Å². The summed E-state index contributed by atoms with van der Waals surface area (Å²) >= 11 is 0. The van der Waals surface area contributed by atoms with Crippen molar-refractivity contribution in [3.05, 3.63) is 59.7 Å². The molecule has 0 bridgehead atoms. The van der Waals surface area contributed by atoms with Crippen molar-refractivity contribution in [2.24, 2.45) is 0 Å². The Morgan fingerprint density at radius 3 is 1.09 bits per heavy atom. The number of aliphatic carboxylic acids is 4. The van der Waals surface area contributed by atoms with Gasteiger partial charge in [-0.1, -0.05) is 36.4 Å². The van der Waals surface area contributed by atoms with Gasteiger partial charge in [-0.15, -0.1) is 0 Å². The molecule has 2 aromatic carbocycles. The van der Waals surface area contributed by atoms with Gasteiger partial charge in [-0.2, -0.15) is 0 Å². The number of para-hydroxylation sites is 2. The van der Waals surface area contributed by atoms with E-state index >= 15 is 0 Å². The van der Waals surface area contributed by atoms with Gasteiger partial charge in [0.15, 0.2) is 0 Å². The van der Waals surface area contributed by atoms with Gasteiger partial charge in [0.2, 0.25) is 0 Å². The molecule has 0 spiro atoms. The van der Waals surface area contributed by atoms with Gasteiger partial charge < -0.3 is 30.2 Å². The van der Waals surface area contributed by atoms with Crippen molar-refractivity contribution in [3.63, 3.8) is 0 Å². The van der Waals surface area contributed by atoms with E-state index < -0.39 is 50.1 Å². The molecular weight excluding hydrogens is 420 g/mol. The number of carboxylic acid groups (broad SMARTS) is 4. The third-order valence-corrected chi connectivity index (χ3v) is 4.63. The van der Waals surface area contributed by atoms with E-state index in [1.807, 2.05) is 0 Å². The van der Waals surface area contributed by atoms with E-state index in [4.69, 9.17) is 20.4 Å². The topological polar surface area (TPSA) is 156 Å². The van der Waals surface area contributed by atoms with Crippen LogP contribution in [-0.2, 0) is 32.0 Å². The molecule has 10 heteroatoms. The quantitative estimate of drug-likeness (QED) is 0.356. The summed E-state index contributed by atoms with van der Waals surface area (Å²) in [6.45, 7) is -1.92. The number of benzene rings is 2. The van der Waals surface area contributed by atoms with Crippen molar-refractivity contribution in [3.8, 4) is 0 Å². The Hall–Kier alpha value is -4.08. The maximum absolute atomic E-state index is 11.2. The van der Waals surface area contributed by atoms with Gasteiger partial charge in [0.25, 0.3) is 0 Å². The highest BCUT2D eigenvalue weighted by Crippen LogP contribution is 2.26. The molecule has 0 saturated carbocycles. The van der Waals surface area contributed by atoms with Crippen molar-refractivity contribution < 1.29 is 39.6 Å². The van der Waals surface area contributed by atoms with Crippen molar-refractivity contribution in [2.75, 3.05) is 36.0 Å². The van der Waals surface area contributed by atoms with Crippen molar-refractivity contribution >= 4 is 35.3 Å². The molecule has 0 aliphatic heterocycles. The van der Waals surface area contributed by atoms with Gasteiger partial charge in [-0.25, -0.2) is 0 Å². The molecular formula is C22H24N2O8. The van der Waals surface area contributed by atoms with Gasteiger partial charge in [0.05, 0.1) is 0 Å². The number of rotatable bonds is 13. The van der Waals surface area contributed by atoms with E-state index in [1.54, 1.807) is 48.5 Å². The first-order valence-corrected chi connectivity index (χ1v) is 9.70. The highest BCUT2D eigenvalue weighted by molar-refractivity contribution is 5.81. The van der Waals surface area contributed by atoms with E-state index in [1.165, 1.54) is 9.80 Å². The Morgan fingerprint density at radius 1 is 0.531 bits per heavy atom. The van der Waals surface area contributed by atoms with Crippen molar-refractivity contribution in [2.45, 2.75) is 12.8 Å². The molecule has 0 aromatic heterocycles. The van der Waals surface area contributed by atoms with Gasteiger partial charge in [-0.3, -0.25) is 19.2 Å². The third kappa shape index (κ3) is 7.31. The summed E-state index contributed by atoms with van der Waals surface area (Å²) in [7, 11) is 0. The van der Waals surface area contributed by atoms with Gasteiger partial charge in [-0.05, 0) is 36.1 Å². The second-order valence-electron chi connectivity index (χ2n) is 7.04. The van der Waals surface area contributed by atoms with Crippen LogP contribution in [0, 0.1) is 0 Å². The summed E-state index contributed by atoms with van der Waals surface area (Å²) in [4.78, 5) is 47.4. The van der Waals surface area contributed by atoms with Crippen LogP contribution in [0.1, 0.15) is 11.1 Å². The number of carboxylic acids is 4. The van der Waals surface area contributed by atoms with Crippen LogP contribution in [0.2, 0.25) is 0 Å². The van der Waals surface area contributed by atoms with Gasteiger partial charge in [0, 0.05) is 11.4 Å². The molecule has 170 valence electrons. The highest BCUT2D eigenvalue weighted by atomic mass is 16.4. The summed E-state index contributed by atoms with van der Waals surface area (Å²) in [5.41, 5.74) is 2.38. The second-order valence-corrected chi connectivity index (χ2v) is 7.04. The second kappa shape index (κ2) is 11.3. The molecule has 0 aliphatic carbocycles. The molecule has 0 unspecified atom stereocenters. The van der Waals surface area contributed by atoms with Crippen LogP contribution in [0.5, 0.6) is 0 Å². The van der Waals surface area contributed by atoms with Crippen LogP contribution < -0.4 is 9.80 Å².